The Kier molecular flexibility index (Phi) is 3.98. The smallest absolute Gasteiger partial charge is 0.407 e. The molecule has 1 atom stereocenters. The highest BCUT2D eigenvalue weighted by Gasteiger charge is 2.48. The highest BCUT2D eigenvalue weighted by atomic mass is 19.3. The fraction of sp³-hybridized carbons (Fsp3) is 0.375. The summed E-state index contributed by atoms with van der Waals surface area (Å²) in [6, 6.07) is 4.47. The Morgan fingerprint density at radius 3 is 2.83 bits per heavy atom. The molecule has 5 nitrogen and oxygen atoms in total. The molecule has 1 aromatic carbocycles. The molecule has 2 N–H and O–H groups in total. The van der Waals surface area contributed by atoms with Crippen LogP contribution in [-0.4, -0.2) is 45.1 Å². The van der Waals surface area contributed by atoms with Crippen molar-refractivity contribution < 1.29 is 23.1 Å². The minimum atomic E-state index is -3.20. The summed E-state index contributed by atoms with van der Waals surface area (Å²) in [7, 11) is 0. The molecule has 1 aromatic heterocycles. The van der Waals surface area contributed by atoms with Crippen LogP contribution in [-0.2, 0) is 0 Å². The molecular formula is C16H16F3N3O2. The molecule has 24 heavy (non-hydrogen) atoms. The summed E-state index contributed by atoms with van der Waals surface area (Å²) in [6.07, 6.45) is 0.0612. The fourth-order valence-electron chi connectivity index (χ4n) is 2.91. The van der Waals surface area contributed by atoms with Gasteiger partial charge in [0.05, 0.1) is 24.4 Å². The summed E-state index contributed by atoms with van der Waals surface area (Å²) in [5.41, 5.74) is 1.62. The number of rotatable bonds is 2. The second kappa shape index (κ2) is 5.85. The number of aromatic nitrogens is 2. The lowest BCUT2D eigenvalue weighted by Crippen LogP contribution is -2.49. The van der Waals surface area contributed by atoms with Gasteiger partial charge in [-0.1, -0.05) is 0 Å². The average molecular weight is 339 g/mol. The number of hydrogen-bond donors (Lipinski definition) is 2. The Bertz CT molecular complexity index is 776. The monoisotopic (exact) mass is 339 g/mol. The van der Waals surface area contributed by atoms with Gasteiger partial charge in [0.2, 0.25) is 0 Å². The van der Waals surface area contributed by atoms with Crippen LogP contribution >= 0.6 is 0 Å². The SMILES string of the molecule is Cc1cc(-c2cnc(C3CCN(C(=O)O)CC3(F)F)[nH]2)ccc1F. The van der Waals surface area contributed by atoms with E-state index >= 15 is 0 Å². The van der Waals surface area contributed by atoms with Gasteiger partial charge in [0.25, 0.3) is 5.92 Å². The number of halogens is 3. The Hall–Kier alpha value is -2.51. The maximum atomic E-state index is 14.3. The van der Waals surface area contributed by atoms with Gasteiger partial charge in [-0.25, -0.2) is 22.9 Å². The van der Waals surface area contributed by atoms with E-state index in [9.17, 15) is 18.0 Å². The van der Waals surface area contributed by atoms with Gasteiger partial charge >= 0.3 is 6.09 Å². The summed E-state index contributed by atoms with van der Waals surface area (Å²) in [5.74, 6) is -4.61. The van der Waals surface area contributed by atoms with E-state index in [-0.39, 0.29) is 24.6 Å². The van der Waals surface area contributed by atoms with Gasteiger partial charge in [-0.2, -0.15) is 0 Å². The van der Waals surface area contributed by atoms with Crippen molar-refractivity contribution in [1.82, 2.24) is 14.9 Å². The Labute approximate surface area is 136 Å². The predicted molar refractivity (Wildman–Crippen MR) is 80.6 cm³/mol. The lowest BCUT2D eigenvalue weighted by Gasteiger charge is -2.35. The van der Waals surface area contributed by atoms with Crippen LogP contribution in [0.25, 0.3) is 11.3 Å². The van der Waals surface area contributed by atoms with Crippen molar-refractivity contribution in [3.05, 3.63) is 41.6 Å². The lowest BCUT2D eigenvalue weighted by atomic mass is 9.92. The number of imidazole rings is 1. The third-order valence-electron chi connectivity index (χ3n) is 4.26. The minimum absolute atomic E-state index is 0.0191. The van der Waals surface area contributed by atoms with E-state index in [0.29, 0.717) is 21.7 Å². The normalized spacial score (nSPS) is 20.2. The van der Waals surface area contributed by atoms with E-state index in [1.54, 1.807) is 19.1 Å². The van der Waals surface area contributed by atoms with Crippen molar-refractivity contribution in [2.45, 2.75) is 25.2 Å². The van der Waals surface area contributed by atoms with Crippen LogP contribution in [0.3, 0.4) is 0 Å². The third kappa shape index (κ3) is 2.95. The number of alkyl halides is 2. The molecule has 0 spiro atoms. The lowest BCUT2D eigenvalue weighted by molar-refractivity contribution is -0.0780. The number of amides is 1. The maximum Gasteiger partial charge on any atom is 0.407 e. The summed E-state index contributed by atoms with van der Waals surface area (Å²) < 4.78 is 41.9. The standard InChI is InChI=1S/C16H16F3N3O2/c1-9-6-10(2-3-12(9)17)13-7-20-14(21-13)11-4-5-22(15(23)24)8-16(11,18)19/h2-3,6-7,11H,4-5,8H2,1H3,(H,20,21)(H,23,24). The highest BCUT2D eigenvalue weighted by Crippen LogP contribution is 2.39. The molecule has 0 bridgehead atoms. The molecule has 8 heteroatoms. The average Bonchev–Trinajstić information content (AvgIpc) is 2.98. The molecule has 3 rings (SSSR count). The molecule has 0 saturated carbocycles. The molecule has 0 aliphatic carbocycles. The Morgan fingerprint density at radius 1 is 1.46 bits per heavy atom. The first-order chi connectivity index (χ1) is 11.3. The minimum Gasteiger partial charge on any atom is -0.465 e. The summed E-state index contributed by atoms with van der Waals surface area (Å²) in [6.45, 7) is 0.797. The Balaban J connectivity index is 1.85. The number of aromatic amines is 1. The van der Waals surface area contributed by atoms with Crippen LogP contribution in [0.2, 0.25) is 0 Å². The van der Waals surface area contributed by atoms with Crippen LogP contribution in [0.4, 0.5) is 18.0 Å². The van der Waals surface area contributed by atoms with Gasteiger partial charge in [-0.05, 0) is 37.1 Å². The van der Waals surface area contributed by atoms with Crippen molar-refractivity contribution >= 4 is 6.09 Å². The first-order valence-electron chi connectivity index (χ1n) is 7.45. The van der Waals surface area contributed by atoms with Crippen LogP contribution in [0.5, 0.6) is 0 Å². The van der Waals surface area contributed by atoms with E-state index in [2.05, 4.69) is 9.97 Å². The first kappa shape index (κ1) is 16.4. The summed E-state index contributed by atoms with van der Waals surface area (Å²) in [5, 5.41) is 8.87. The predicted octanol–water partition coefficient (Wildman–Crippen LogP) is 3.63. The molecule has 0 radical (unpaired) electrons. The second-order valence-corrected chi connectivity index (χ2v) is 5.95. The molecule has 1 aliphatic rings. The van der Waals surface area contributed by atoms with Crippen molar-refractivity contribution in [2.24, 2.45) is 0 Å². The Morgan fingerprint density at radius 2 is 2.21 bits per heavy atom. The second-order valence-electron chi connectivity index (χ2n) is 5.95. The van der Waals surface area contributed by atoms with Crippen molar-refractivity contribution in [2.75, 3.05) is 13.1 Å². The largest absolute Gasteiger partial charge is 0.465 e. The zero-order valence-corrected chi connectivity index (χ0v) is 12.9. The van der Waals surface area contributed by atoms with Gasteiger partial charge in [0.1, 0.15) is 11.6 Å². The maximum absolute atomic E-state index is 14.3. The molecular weight excluding hydrogens is 323 g/mol. The number of benzene rings is 1. The number of hydrogen-bond acceptors (Lipinski definition) is 2. The molecule has 2 heterocycles. The molecule has 1 saturated heterocycles. The van der Waals surface area contributed by atoms with Crippen LogP contribution in [0, 0.1) is 12.7 Å². The summed E-state index contributed by atoms with van der Waals surface area (Å²) >= 11 is 0. The van der Waals surface area contributed by atoms with Gasteiger partial charge in [0, 0.05) is 12.1 Å². The topological polar surface area (TPSA) is 69.2 Å². The first-order valence-corrected chi connectivity index (χ1v) is 7.45. The van der Waals surface area contributed by atoms with E-state index in [1.807, 2.05) is 0 Å². The highest BCUT2D eigenvalue weighted by molar-refractivity contribution is 5.65. The molecule has 1 unspecified atom stereocenters. The van der Waals surface area contributed by atoms with Crippen LogP contribution < -0.4 is 0 Å². The van der Waals surface area contributed by atoms with Crippen molar-refractivity contribution in [3.63, 3.8) is 0 Å². The van der Waals surface area contributed by atoms with Crippen molar-refractivity contribution in [3.8, 4) is 11.3 Å². The van der Waals surface area contributed by atoms with E-state index in [4.69, 9.17) is 5.11 Å². The van der Waals surface area contributed by atoms with E-state index in [0.717, 1.165) is 0 Å². The van der Waals surface area contributed by atoms with E-state index in [1.165, 1.54) is 12.3 Å². The fourth-order valence-corrected chi connectivity index (χ4v) is 2.91. The van der Waals surface area contributed by atoms with Gasteiger partial charge < -0.3 is 15.0 Å². The zero-order chi connectivity index (χ0) is 17.5. The number of nitrogens with zero attached hydrogens (tertiary/aromatic N) is 2. The number of aryl methyl sites for hydroxylation is 1. The van der Waals surface area contributed by atoms with Crippen LogP contribution in [0.15, 0.2) is 24.4 Å². The number of carboxylic acid groups (broad SMARTS) is 1. The van der Waals surface area contributed by atoms with Crippen molar-refractivity contribution in [1.29, 1.82) is 0 Å². The summed E-state index contributed by atoms with van der Waals surface area (Å²) in [4.78, 5) is 18.5. The number of H-pyrrole nitrogens is 1. The molecule has 128 valence electrons. The number of nitrogens with one attached hydrogen (secondary N) is 1. The van der Waals surface area contributed by atoms with E-state index < -0.39 is 24.5 Å². The molecule has 1 fully saturated rings. The number of piperidine rings is 1. The van der Waals surface area contributed by atoms with Crippen LogP contribution in [0.1, 0.15) is 23.7 Å². The van der Waals surface area contributed by atoms with Gasteiger partial charge in [-0.15, -0.1) is 0 Å². The van der Waals surface area contributed by atoms with Gasteiger partial charge in [0.15, 0.2) is 0 Å². The quantitative estimate of drug-likeness (QED) is 0.878. The number of likely N-dealkylation sites (tertiary alicyclic amines) is 1. The van der Waals surface area contributed by atoms with Gasteiger partial charge in [-0.3, -0.25) is 0 Å². The zero-order valence-electron chi connectivity index (χ0n) is 12.9. The number of carbonyl (C=O) groups is 1. The molecule has 2 aromatic rings. The third-order valence-corrected chi connectivity index (χ3v) is 4.26. The molecule has 1 amide bonds. The molecule has 1 aliphatic heterocycles.